The van der Waals surface area contributed by atoms with Crippen LogP contribution < -0.4 is 10.1 Å². The first-order chi connectivity index (χ1) is 12.1. The van der Waals surface area contributed by atoms with Crippen LogP contribution >= 0.6 is 0 Å². The molecule has 0 aliphatic rings. The molecule has 0 saturated carbocycles. The van der Waals surface area contributed by atoms with E-state index in [-0.39, 0.29) is 0 Å². The third kappa shape index (κ3) is 5.54. The summed E-state index contributed by atoms with van der Waals surface area (Å²) in [6, 6.07) is -1.51. The maximum Gasteiger partial charge on any atom is 0.408 e. The minimum absolute atomic E-state index is 0.905. The van der Waals surface area contributed by atoms with E-state index in [4.69, 9.17) is 4.74 Å². The second-order valence-corrected chi connectivity index (χ2v) is 7.77. The van der Waals surface area contributed by atoms with Crippen LogP contribution in [0.25, 0.3) is 0 Å². The summed E-state index contributed by atoms with van der Waals surface area (Å²) in [4.78, 5) is 24.2. The monoisotopic (exact) mass is 397 g/mol. The highest BCUT2D eigenvalue weighted by molar-refractivity contribution is 5.83. The van der Waals surface area contributed by atoms with Crippen LogP contribution in [0.1, 0.15) is 41.5 Å². The quantitative estimate of drug-likeness (QED) is 0.273. The highest BCUT2D eigenvalue weighted by Gasteiger charge is 2.38. The standard InChI is InChI=1S/C17H20F5NO4/c1-16(2,3)13(23-15(25)27-17(4,5)6)14(24)26-12-10(21)8(19)7(18)9(20)11(12)22/h13H,1-6H3,(H,23,25). The first-order valence-electron chi connectivity index (χ1n) is 7.79. The van der Waals surface area contributed by atoms with E-state index >= 15 is 0 Å². The lowest BCUT2D eigenvalue weighted by atomic mass is 9.87. The van der Waals surface area contributed by atoms with Gasteiger partial charge in [-0.3, -0.25) is 0 Å². The Balaban J connectivity index is 3.18. The zero-order chi connectivity index (χ0) is 21.3. The van der Waals surface area contributed by atoms with Crippen LogP contribution in [0.2, 0.25) is 0 Å². The SMILES string of the molecule is CC(C)(C)OC(=O)NC(C(=O)Oc1c(F)c(F)c(F)c(F)c1F)C(C)(C)C. The van der Waals surface area contributed by atoms with Gasteiger partial charge in [-0.2, -0.15) is 8.78 Å². The molecule has 0 aliphatic heterocycles. The van der Waals surface area contributed by atoms with Crippen LogP contribution in [0.4, 0.5) is 26.7 Å². The summed E-state index contributed by atoms with van der Waals surface area (Å²) in [7, 11) is 0. The van der Waals surface area contributed by atoms with Crippen LogP contribution in [0, 0.1) is 34.5 Å². The number of alkyl carbamates (subject to hydrolysis) is 1. The summed E-state index contributed by atoms with van der Waals surface area (Å²) in [6.45, 7) is 9.13. The molecule has 1 aromatic rings. The normalized spacial score (nSPS) is 13.1. The van der Waals surface area contributed by atoms with Gasteiger partial charge in [-0.1, -0.05) is 20.8 Å². The number of hydrogen-bond acceptors (Lipinski definition) is 4. The molecule has 1 amide bonds. The summed E-state index contributed by atoms with van der Waals surface area (Å²) in [5.41, 5.74) is -1.95. The van der Waals surface area contributed by atoms with E-state index in [1.165, 1.54) is 20.8 Å². The van der Waals surface area contributed by atoms with Gasteiger partial charge in [0.15, 0.2) is 0 Å². The molecule has 1 rings (SSSR count). The van der Waals surface area contributed by atoms with Crippen LogP contribution in [0.3, 0.4) is 0 Å². The Morgan fingerprint density at radius 2 is 1.22 bits per heavy atom. The first kappa shape index (κ1) is 22.7. The van der Waals surface area contributed by atoms with E-state index in [1.807, 2.05) is 0 Å². The number of ether oxygens (including phenoxy) is 2. The number of nitrogens with one attached hydrogen (secondary N) is 1. The van der Waals surface area contributed by atoms with Gasteiger partial charge >= 0.3 is 12.1 Å². The van der Waals surface area contributed by atoms with Crippen LogP contribution in [0.15, 0.2) is 0 Å². The van der Waals surface area contributed by atoms with Crippen molar-refractivity contribution >= 4 is 12.1 Å². The maximum absolute atomic E-state index is 13.7. The third-order valence-corrected chi connectivity index (χ3v) is 3.13. The van der Waals surface area contributed by atoms with Gasteiger partial charge in [-0.05, 0) is 26.2 Å². The first-order valence-corrected chi connectivity index (χ1v) is 7.79. The Labute approximate surface area is 152 Å². The number of amides is 1. The molecule has 152 valence electrons. The van der Waals surface area contributed by atoms with E-state index in [1.54, 1.807) is 20.8 Å². The largest absolute Gasteiger partial charge is 0.444 e. The Kier molecular flexibility index (Phi) is 6.45. The topological polar surface area (TPSA) is 64.6 Å². The van der Waals surface area contributed by atoms with E-state index in [0.717, 1.165) is 0 Å². The van der Waals surface area contributed by atoms with Crippen molar-refractivity contribution in [3.8, 4) is 5.75 Å². The molecule has 0 aliphatic carbocycles. The number of carbonyl (C=O) groups is 2. The van der Waals surface area contributed by atoms with Crippen molar-refractivity contribution in [3.05, 3.63) is 29.1 Å². The summed E-state index contributed by atoms with van der Waals surface area (Å²) in [5, 5.41) is 2.17. The molecule has 0 fully saturated rings. The number of esters is 1. The fourth-order valence-electron chi connectivity index (χ4n) is 1.89. The van der Waals surface area contributed by atoms with E-state index in [0.29, 0.717) is 0 Å². The molecule has 10 heteroatoms. The van der Waals surface area contributed by atoms with E-state index < -0.39 is 64.0 Å². The number of carbonyl (C=O) groups excluding carboxylic acids is 2. The molecule has 5 nitrogen and oxygen atoms in total. The molecule has 1 unspecified atom stereocenters. The summed E-state index contributed by atoms with van der Waals surface area (Å²) in [5.74, 6) is -14.7. The highest BCUT2D eigenvalue weighted by atomic mass is 19.2. The fraction of sp³-hybridized carbons (Fsp3) is 0.529. The summed E-state index contributed by atoms with van der Waals surface area (Å²) >= 11 is 0. The summed E-state index contributed by atoms with van der Waals surface area (Å²) in [6.07, 6.45) is -1.03. The maximum atomic E-state index is 13.7. The zero-order valence-electron chi connectivity index (χ0n) is 15.6. The molecule has 1 atom stereocenters. The summed E-state index contributed by atoms with van der Waals surface area (Å²) < 4.78 is 76.3. The molecular formula is C17H20F5NO4. The Bertz CT molecular complexity index is 724. The van der Waals surface area contributed by atoms with Crippen molar-refractivity contribution in [2.24, 2.45) is 5.41 Å². The predicted octanol–water partition coefficient (Wildman–Crippen LogP) is 4.23. The lowest BCUT2D eigenvalue weighted by Crippen LogP contribution is -2.52. The lowest BCUT2D eigenvalue weighted by Gasteiger charge is -2.30. The molecule has 0 spiro atoms. The molecule has 0 bridgehead atoms. The van der Waals surface area contributed by atoms with Crippen molar-refractivity contribution in [1.29, 1.82) is 0 Å². The molecular weight excluding hydrogens is 377 g/mol. The van der Waals surface area contributed by atoms with Gasteiger partial charge in [0.2, 0.25) is 34.8 Å². The molecule has 1 aromatic carbocycles. The second kappa shape index (κ2) is 7.69. The van der Waals surface area contributed by atoms with E-state index in [9.17, 15) is 31.5 Å². The van der Waals surface area contributed by atoms with Crippen LogP contribution in [-0.4, -0.2) is 23.7 Å². The van der Waals surface area contributed by atoms with Gasteiger partial charge in [0.05, 0.1) is 0 Å². The fourth-order valence-corrected chi connectivity index (χ4v) is 1.89. The molecule has 1 N–H and O–H groups in total. The van der Waals surface area contributed by atoms with Gasteiger partial charge in [-0.15, -0.1) is 0 Å². The van der Waals surface area contributed by atoms with E-state index in [2.05, 4.69) is 10.1 Å². The van der Waals surface area contributed by atoms with Crippen LogP contribution in [0.5, 0.6) is 5.75 Å². The highest BCUT2D eigenvalue weighted by Crippen LogP contribution is 2.30. The smallest absolute Gasteiger partial charge is 0.408 e. The number of benzene rings is 1. The number of halogens is 5. The number of rotatable bonds is 3. The average Bonchev–Trinajstić information content (AvgIpc) is 2.50. The third-order valence-electron chi connectivity index (χ3n) is 3.13. The molecule has 0 aromatic heterocycles. The van der Waals surface area contributed by atoms with Crippen molar-refractivity contribution in [3.63, 3.8) is 0 Å². The van der Waals surface area contributed by atoms with Gasteiger partial charge < -0.3 is 14.8 Å². The predicted molar refractivity (Wildman–Crippen MR) is 84.5 cm³/mol. The average molecular weight is 397 g/mol. The number of hydrogen-bond donors (Lipinski definition) is 1. The lowest BCUT2D eigenvalue weighted by molar-refractivity contribution is -0.140. The molecule has 0 radical (unpaired) electrons. The van der Waals surface area contributed by atoms with Crippen molar-refractivity contribution in [1.82, 2.24) is 5.32 Å². The van der Waals surface area contributed by atoms with Gasteiger partial charge in [0.25, 0.3) is 0 Å². The van der Waals surface area contributed by atoms with Gasteiger partial charge in [-0.25, -0.2) is 22.8 Å². The molecule has 27 heavy (non-hydrogen) atoms. The minimum Gasteiger partial charge on any atom is -0.444 e. The second-order valence-electron chi connectivity index (χ2n) is 7.77. The molecule has 0 heterocycles. The van der Waals surface area contributed by atoms with Crippen molar-refractivity contribution in [2.45, 2.75) is 53.2 Å². The Hall–Kier alpha value is -2.39. The zero-order valence-corrected chi connectivity index (χ0v) is 15.6. The van der Waals surface area contributed by atoms with Crippen LogP contribution in [-0.2, 0) is 9.53 Å². The van der Waals surface area contributed by atoms with Crippen molar-refractivity contribution < 1.29 is 41.0 Å². The Morgan fingerprint density at radius 3 is 1.59 bits per heavy atom. The van der Waals surface area contributed by atoms with Gasteiger partial charge in [0.1, 0.15) is 11.6 Å². The van der Waals surface area contributed by atoms with Crippen molar-refractivity contribution in [2.75, 3.05) is 0 Å². The van der Waals surface area contributed by atoms with Gasteiger partial charge in [0, 0.05) is 0 Å². The minimum atomic E-state index is -2.39. The Morgan fingerprint density at radius 1 is 0.815 bits per heavy atom. The molecule has 0 saturated heterocycles.